The molecule has 0 spiro atoms. The van der Waals surface area contributed by atoms with Crippen LogP contribution >= 0.6 is 0 Å². The summed E-state index contributed by atoms with van der Waals surface area (Å²) in [6.07, 6.45) is -2.90. The van der Waals surface area contributed by atoms with Crippen molar-refractivity contribution in [1.29, 1.82) is 0 Å². The number of aromatic nitrogens is 2. The van der Waals surface area contributed by atoms with E-state index in [9.17, 15) is 18.7 Å². The van der Waals surface area contributed by atoms with E-state index < -0.39 is 23.7 Å². The van der Waals surface area contributed by atoms with Gasteiger partial charge in [-0.15, -0.1) is 0 Å². The average molecular weight is 298 g/mol. The maximum atomic E-state index is 12.9. The number of halogens is 2. The Kier molecular flexibility index (Phi) is 3.79. The number of phenolic OH excluding ortho intramolecular Hbond substituents is 1. The summed E-state index contributed by atoms with van der Waals surface area (Å²) in [6.45, 7) is 0. The van der Waals surface area contributed by atoms with Gasteiger partial charge in [-0.25, -0.2) is 13.6 Å². The van der Waals surface area contributed by atoms with Crippen LogP contribution in [0.25, 0.3) is 11.3 Å². The molecule has 0 amide bonds. The second-order valence-electron chi connectivity index (χ2n) is 4.26. The fraction of sp³-hybridized carbons (Fsp3) is 0.231. The van der Waals surface area contributed by atoms with E-state index in [1.54, 1.807) is 0 Å². The molecule has 0 aliphatic heterocycles. The number of carbonyl (C=O) groups is 1. The summed E-state index contributed by atoms with van der Waals surface area (Å²) in [5.74, 6) is -1.77. The number of aromatic carboxylic acids is 1. The van der Waals surface area contributed by atoms with Crippen LogP contribution in [-0.2, 0) is 7.05 Å². The third-order valence-electron chi connectivity index (χ3n) is 2.96. The van der Waals surface area contributed by atoms with Crippen molar-refractivity contribution in [2.45, 2.75) is 6.43 Å². The van der Waals surface area contributed by atoms with Crippen molar-refractivity contribution < 1.29 is 28.5 Å². The number of hydrogen-bond donors (Lipinski definition) is 2. The van der Waals surface area contributed by atoms with E-state index in [0.29, 0.717) is 0 Å². The topological polar surface area (TPSA) is 84.6 Å². The van der Waals surface area contributed by atoms with Crippen LogP contribution in [0.3, 0.4) is 0 Å². The van der Waals surface area contributed by atoms with Gasteiger partial charge in [0.05, 0.1) is 18.4 Å². The zero-order chi connectivity index (χ0) is 15.7. The lowest BCUT2D eigenvalue weighted by atomic mass is 10.0. The average Bonchev–Trinajstić information content (AvgIpc) is 2.81. The molecule has 2 rings (SSSR count). The van der Waals surface area contributed by atoms with E-state index in [1.807, 2.05) is 0 Å². The molecule has 0 bridgehead atoms. The number of phenols is 1. The zero-order valence-electron chi connectivity index (χ0n) is 11.2. The Morgan fingerprint density at radius 2 is 2.05 bits per heavy atom. The Morgan fingerprint density at radius 1 is 1.38 bits per heavy atom. The van der Waals surface area contributed by atoms with Gasteiger partial charge in [0.1, 0.15) is 11.5 Å². The highest BCUT2D eigenvalue weighted by atomic mass is 19.3. The molecule has 2 aromatic rings. The van der Waals surface area contributed by atoms with Crippen molar-refractivity contribution in [2.24, 2.45) is 7.05 Å². The number of rotatable bonds is 4. The smallest absolute Gasteiger partial charge is 0.356 e. The van der Waals surface area contributed by atoms with E-state index in [1.165, 1.54) is 31.0 Å². The van der Waals surface area contributed by atoms with Crippen LogP contribution in [0.1, 0.15) is 22.5 Å². The van der Waals surface area contributed by atoms with Gasteiger partial charge < -0.3 is 14.9 Å². The Labute approximate surface area is 118 Å². The van der Waals surface area contributed by atoms with Gasteiger partial charge in [-0.1, -0.05) is 0 Å². The standard InChI is InChI=1S/C13H12F2N2O4/c1-17-10(5-9(16-17)13(19)20)7-3-6(21-2)4-8(11(7)18)12(14)15/h3-5,12,18H,1-2H3,(H,19,20). The summed E-state index contributed by atoms with van der Waals surface area (Å²) >= 11 is 0. The third-order valence-corrected chi connectivity index (χ3v) is 2.96. The molecule has 0 atom stereocenters. The van der Waals surface area contributed by atoms with Crippen molar-refractivity contribution in [3.8, 4) is 22.8 Å². The molecule has 0 radical (unpaired) electrons. The lowest BCUT2D eigenvalue weighted by molar-refractivity contribution is 0.0689. The van der Waals surface area contributed by atoms with Gasteiger partial charge in [0.2, 0.25) is 0 Å². The van der Waals surface area contributed by atoms with Crippen molar-refractivity contribution in [3.05, 3.63) is 29.5 Å². The monoisotopic (exact) mass is 298 g/mol. The summed E-state index contributed by atoms with van der Waals surface area (Å²) < 4.78 is 32.0. The number of benzene rings is 1. The molecule has 1 aromatic heterocycles. The summed E-state index contributed by atoms with van der Waals surface area (Å²) in [7, 11) is 2.75. The van der Waals surface area contributed by atoms with Gasteiger partial charge in [-0.05, 0) is 18.2 Å². The lowest BCUT2D eigenvalue weighted by Crippen LogP contribution is -1.99. The summed E-state index contributed by atoms with van der Waals surface area (Å²) in [5.41, 5.74) is -0.645. The maximum Gasteiger partial charge on any atom is 0.356 e. The van der Waals surface area contributed by atoms with Gasteiger partial charge in [0.15, 0.2) is 5.69 Å². The molecule has 0 saturated heterocycles. The van der Waals surface area contributed by atoms with Crippen LogP contribution in [0.5, 0.6) is 11.5 Å². The zero-order valence-corrected chi connectivity index (χ0v) is 11.2. The highest BCUT2D eigenvalue weighted by Crippen LogP contribution is 2.40. The number of carboxylic acid groups (broad SMARTS) is 1. The van der Waals surface area contributed by atoms with Crippen LogP contribution in [0, 0.1) is 0 Å². The third kappa shape index (κ3) is 2.64. The van der Waals surface area contributed by atoms with Crippen molar-refractivity contribution >= 4 is 5.97 Å². The number of methoxy groups -OCH3 is 1. The number of carboxylic acids is 1. The molecule has 6 nitrogen and oxygen atoms in total. The number of aromatic hydroxyl groups is 1. The molecule has 1 heterocycles. The highest BCUT2D eigenvalue weighted by molar-refractivity contribution is 5.87. The first-order valence-electron chi connectivity index (χ1n) is 5.82. The fourth-order valence-electron chi connectivity index (χ4n) is 1.93. The van der Waals surface area contributed by atoms with Crippen molar-refractivity contribution in [3.63, 3.8) is 0 Å². The number of alkyl halides is 2. The minimum Gasteiger partial charge on any atom is -0.507 e. The second-order valence-corrected chi connectivity index (χ2v) is 4.26. The normalized spacial score (nSPS) is 10.9. The van der Waals surface area contributed by atoms with Gasteiger partial charge >= 0.3 is 5.97 Å². The Hall–Kier alpha value is -2.64. The Bertz CT molecular complexity index is 698. The molecular weight excluding hydrogens is 286 g/mol. The predicted octanol–water partition coefficient (Wildman–Crippen LogP) is 2.44. The molecule has 1 aromatic carbocycles. The molecular formula is C13H12F2N2O4. The van der Waals surface area contributed by atoms with E-state index in [0.717, 1.165) is 6.07 Å². The number of aryl methyl sites for hydroxylation is 1. The van der Waals surface area contributed by atoms with Gasteiger partial charge in [0.25, 0.3) is 6.43 Å². The van der Waals surface area contributed by atoms with E-state index >= 15 is 0 Å². The maximum absolute atomic E-state index is 12.9. The molecule has 112 valence electrons. The van der Waals surface area contributed by atoms with E-state index in [-0.39, 0.29) is 22.7 Å². The van der Waals surface area contributed by atoms with Crippen LogP contribution < -0.4 is 4.74 Å². The summed E-state index contributed by atoms with van der Waals surface area (Å²) in [5, 5.41) is 22.6. The number of nitrogens with zero attached hydrogens (tertiary/aromatic N) is 2. The lowest BCUT2D eigenvalue weighted by Gasteiger charge is -2.12. The molecule has 8 heteroatoms. The van der Waals surface area contributed by atoms with Gasteiger partial charge in [0, 0.05) is 12.6 Å². The van der Waals surface area contributed by atoms with Crippen LogP contribution in [-0.4, -0.2) is 33.1 Å². The molecule has 0 unspecified atom stereocenters. The summed E-state index contributed by atoms with van der Waals surface area (Å²) in [4.78, 5) is 10.9. The van der Waals surface area contributed by atoms with Crippen LogP contribution in [0.4, 0.5) is 8.78 Å². The van der Waals surface area contributed by atoms with Crippen LogP contribution in [0.2, 0.25) is 0 Å². The van der Waals surface area contributed by atoms with Crippen LogP contribution in [0.15, 0.2) is 18.2 Å². The number of ether oxygens (including phenoxy) is 1. The van der Waals surface area contributed by atoms with E-state index in [4.69, 9.17) is 9.84 Å². The molecule has 2 N–H and O–H groups in total. The Balaban J connectivity index is 2.68. The first-order valence-corrected chi connectivity index (χ1v) is 5.82. The van der Waals surface area contributed by atoms with Crippen molar-refractivity contribution in [1.82, 2.24) is 9.78 Å². The largest absolute Gasteiger partial charge is 0.507 e. The Morgan fingerprint density at radius 3 is 2.52 bits per heavy atom. The van der Waals surface area contributed by atoms with E-state index in [2.05, 4.69) is 5.10 Å². The molecule has 0 saturated carbocycles. The highest BCUT2D eigenvalue weighted by Gasteiger charge is 2.22. The first-order chi connectivity index (χ1) is 9.85. The minimum absolute atomic E-state index is 0.0205. The quantitative estimate of drug-likeness (QED) is 0.905. The molecule has 0 aliphatic rings. The molecule has 0 fully saturated rings. The second kappa shape index (κ2) is 5.39. The number of hydrogen-bond acceptors (Lipinski definition) is 4. The van der Waals surface area contributed by atoms with Gasteiger partial charge in [-0.2, -0.15) is 5.10 Å². The first kappa shape index (κ1) is 14.8. The van der Waals surface area contributed by atoms with Gasteiger partial charge in [-0.3, -0.25) is 4.68 Å². The van der Waals surface area contributed by atoms with Crippen molar-refractivity contribution in [2.75, 3.05) is 7.11 Å². The fourth-order valence-corrected chi connectivity index (χ4v) is 1.93. The molecule has 0 aliphatic carbocycles. The predicted molar refractivity (Wildman–Crippen MR) is 68.8 cm³/mol. The molecule has 21 heavy (non-hydrogen) atoms. The summed E-state index contributed by atoms with van der Waals surface area (Å²) in [6, 6.07) is 3.55. The SMILES string of the molecule is COc1cc(-c2cc(C(=O)O)nn2C)c(O)c(C(F)F)c1. The minimum atomic E-state index is -2.90.